The van der Waals surface area contributed by atoms with Gasteiger partial charge in [-0.1, -0.05) is 27.2 Å². The Balaban J connectivity index is 2.13. The van der Waals surface area contributed by atoms with Gasteiger partial charge >= 0.3 is 0 Å². The van der Waals surface area contributed by atoms with E-state index in [-0.39, 0.29) is 24.3 Å². The predicted molar refractivity (Wildman–Crippen MR) is 109 cm³/mol. The first-order chi connectivity index (χ1) is 13.4. The van der Waals surface area contributed by atoms with E-state index in [0.717, 1.165) is 24.3 Å². The zero-order valence-corrected chi connectivity index (χ0v) is 17.6. The molecule has 2 aromatic rings. The summed E-state index contributed by atoms with van der Waals surface area (Å²) in [7, 11) is 1.96. The van der Waals surface area contributed by atoms with Crippen molar-refractivity contribution in [2.45, 2.75) is 53.1 Å². The SMILES string of the molecule is CCCCN(CC(=O)N(Cc1ccco1)Cc1cccn1C)C(=O)CC(C)C. The molecule has 6 nitrogen and oxygen atoms in total. The molecule has 2 amide bonds. The van der Waals surface area contributed by atoms with Crippen LogP contribution in [0.4, 0.5) is 0 Å². The molecule has 154 valence electrons. The molecule has 0 aromatic carbocycles. The van der Waals surface area contributed by atoms with Gasteiger partial charge in [-0.15, -0.1) is 0 Å². The van der Waals surface area contributed by atoms with E-state index < -0.39 is 0 Å². The summed E-state index contributed by atoms with van der Waals surface area (Å²) in [6.07, 6.45) is 5.92. The van der Waals surface area contributed by atoms with Crippen molar-refractivity contribution in [2.24, 2.45) is 13.0 Å². The molecular formula is C22H33N3O3. The van der Waals surface area contributed by atoms with Crippen molar-refractivity contribution in [3.8, 4) is 0 Å². The van der Waals surface area contributed by atoms with Crippen molar-refractivity contribution >= 4 is 11.8 Å². The highest BCUT2D eigenvalue weighted by Crippen LogP contribution is 2.13. The topological polar surface area (TPSA) is 58.7 Å². The molecule has 2 heterocycles. The summed E-state index contributed by atoms with van der Waals surface area (Å²) >= 11 is 0. The molecule has 0 saturated carbocycles. The monoisotopic (exact) mass is 387 g/mol. The Hall–Kier alpha value is -2.50. The number of aryl methyl sites for hydroxylation is 1. The van der Waals surface area contributed by atoms with E-state index in [2.05, 4.69) is 6.92 Å². The smallest absolute Gasteiger partial charge is 0.242 e. The third kappa shape index (κ3) is 6.59. The number of furan rings is 1. The Kier molecular flexibility index (Phi) is 8.36. The third-order valence-corrected chi connectivity index (χ3v) is 4.73. The lowest BCUT2D eigenvalue weighted by molar-refractivity contribution is -0.142. The highest BCUT2D eigenvalue weighted by atomic mass is 16.3. The van der Waals surface area contributed by atoms with Crippen LogP contribution in [0.2, 0.25) is 0 Å². The molecule has 2 rings (SSSR count). The minimum atomic E-state index is -0.0641. The molecule has 0 spiro atoms. The number of aromatic nitrogens is 1. The number of carbonyl (C=O) groups excluding carboxylic acids is 2. The van der Waals surface area contributed by atoms with Crippen molar-refractivity contribution in [1.29, 1.82) is 0 Å². The Morgan fingerprint density at radius 1 is 1.11 bits per heavy atom. The maximum Gasteiger partial charge on any atom is 0.242 e. The summed E-state index contributed by atoms with van der Waals surface area (Å²) in [6, 6.07) is 7.65. The summed E-state index contributed by atoms with van der Waals surface area (Å²) in [4.78, 5) is 29.3. The molecule has 0 unspecified atom stereocenters. The zero-order chi connectivity index (χ0) is 20.5. The van der Waals surface area contributed by atoms with Crippen molar-refractivity contribution in [2.75, 3.05) is 13.1 Å². The number of amides is 2. The molecule has 0 aliphatic carbocycles. The molecule has 0 saturated heterocycles. The van der Waals surface area contributed by atoms with Crippen molar-refractivity contribution < 1.29 is 14.0 Å². The van der Waals surface area contributed by atoms with Crippen LogP contribution in [-0.2, 0) is 29.7 Å². The number of unbranched alkanes of at least 4 members (excludes halogenated alkanes) is 1. The second kappa shape index (κ2) is 10.7. The van der Waals surface area contributed by atoms with Gasteiger partial charge in [0.25, 0.3) is 0 Å². The van der Waals surface area contributed by atoms with Gasteiger partial charge in [-0.2, -0.15) is 0 Å². The summed E-state index contributed by atoms with van der Waals surface area (Å²) in [5.41, 5.74) is 1.04. The first kappa shape index (κ1) is 21.8. The van der Waals surface area contributed by atoms with Gasteiger partial charge in [0, 0.05) is 31.9 Å². The number of hydrogen-bond donors (Lipinski definition) is 0. The molecule has 6 heteroatoms. The molecule has 0 bridgehead atoms. The molecular weight excluding hydrogens is 354 g/mol. The first-order valence-electron chi connectivity index (χ1n) is 10.1. The minimum Gasteiger partial charge on any atom is -0.467 e. The fraction of sp³-hybridized carbons (Fsp3) is 0.545. The number of nitrogens with zero attached hydrogens (tertiary/aromatic N) is 3. The summed E-state index contributed by atoms with van der Waals surface area (Å²) in [5.74, 6) is 0.991. The Morgan fingerprint density at radius 3 is 2.46 bits per heavy atom. The number of hydrogen-bond acceptors (Lipinski definition) is 3. The lowest BCUT2D eigenvalue weighted by Gasteiger charge is -2.28. The molecule has 0 radical (unpaired) electrons. The molecule has 28 heavy (non-hydrogen) atoms. The highest BCUT2D eigenvalue weighted by Gasteiger charge is 2.23. The van der Waals surface area contributed by atoms with Crippen molar-refractivity contribution in [3.63, 3.8) is 0 Å². The van der Waals surface area contributed by atoms with Crippen LogP contribution in [0.1, 0.15) is 51.5 Å². The van der Waals surface area contributed by atoms with E-state index >= 15 is 0 Å². The second-order valence-corrected chi connectivity index (χ2v) is 7.71. The molecule has 0 atom stereocenters. The summed E-state index contributed by atoms with van der Waals surface area (Å²) in [6.45, 7) is 7.72. The fourth-order valence-corrected chi connectivity index (χ4v) is 3.06. The van der Waals surface area contributed by atoms with Crippen LogP contribution in [0.25, 0.3) is 0 Å². The normalized spacial score (nSPS) is 11.0. The quantitative estimate of drug-likeness (QED) is 0.589. The average molecular weight is 388 g/mol. The molecule has 0 N–H and O–H groups in total. The van der Waals surface area contributed by atoms with Crippen LogP contribution >= 0.6 is 0 Å². The van der Waals surface area contributed by atoms with Gasteiger partial charge in [-0.3, -0.25) is 9.59 Å². The lowest BCUT2D eigenvalue weighted by Crippen LogP contribution is -2.43. The predicted octanol–water partition coefficient (Wildman–Crippen LogP) is 3.82. The van der Waals surface area contributed by atoms with Crippen LogP contribution in [0, 0.1) is 5.92 Å². The van der Waals surface area contributed by atoms with Gasteiger partial charge in [0.2, 0.25) is 11.8 Å². The van der Waals surface area contributed by atoms with Crippen molar-refractivity contribution in [3.05, 3.63) is 48.2 Å². The maximum atomic E-state index is 13.2. The van der Waals surface area contributed by atoms with E-state index in [1.807, 2.05) is 55.9 Å². The Labute approximate surface area is 168 Å². The second-order valence-electron chi connectivity index (χ2n) is 7.71. The lowest BCUT2D eigenvalue weighted by atomic mass is 10.1. The van der Waals surface area contributed by atoms with Crippen molar-refractivity contribution in [1.82, 2.24) is 14.4 Å². The number of carbonyl (C=O) groups is 2. The molecule has 0 fully saturated rings. The highest BCUT2D eigenvalue weighted by molar-refractivity contribution is 5.85. The van der Waals surface area contributed by atoms with Gasteiger partial charge < -0.3 is 18.8 Å². The first-order valence-corrected chi connectivity index (χ1v) is 10.1. The van der Waals surface area contributed by atoms with E-state index in [1.54, 1.807) is 16.1 Å². The standard InChI is InChI=1S/C22H33N3O3/c1-5-6-12-24(21(26)14-18(2)3)17-22(27)25(16-20-10-8-13-28-20)15-19-9-7-11-23(19)4/h7-11,13,18H,5-6,12,14-17H2,1-4H3. The number of rotatable bonds is 11. The van der Waals surface area contributed by atoms with E-state index in [4.69, 9.17) is 4.42 Å². The maximum absolute atomic E-state index is 13.2. The molecule has 0 aliphatic rings. The Bertz CT molecular complexity index is 734. The van der Waals surface area contributed by atoms with Gasteiger partial charge in [0.15, 0.2) is 0 Å². The van der Waals surface area contributed by atoms with E-state index in [9.17, 15) is 9.59 Å². The van der Waals surface area contributed by atoms with Crippen LogP contribution in [-0.4, -0.2) is 39.3 Å². The van der Waals surface area contributed by atoms with E-state index in [1.165, 1.54) is 0 Å². The molecule has 0 aliphatic heterocycles. The van der Waals surface area contributed by atoms with E-state index in [0.29, 0.717) is 26.1 Å². The van der Waals surface area contributed by atoms with Gasteiger partial charge in [-0.05, 0) is 36.6 Å². The largest absolute Gasteiger partial charge is 0.467 e. The van der Waals surface area contributed by atoms with Crippen LogP contribution in [0.3, 0.4) is 0 Å². The zero-order valence-electron chi connectivity index (χ0n) is 17.6. The summed E-state index contributed by atoms with van der Waals surface area (Å²) < 4.78 is 7.45. The van der Waals surface area contributed by atoms with Gasteiger partial charge in [-0.25, -0.2) is 0 Å². The van der Waals surface area contributed by atoms with Gasteiger partial charge in [0.1, 0.15) is 5.76 Å². The Morgan fingerprint density at radius 2 is 1.89 bits per heavy atom. The van der Waals surface area contributed by atoms with Crippen LogP contribution in [0.15, 0.2) is 41.1 Å². The molecule has 2 aromatic heterocycles. The third-order valence-electron chi connectivity index (χ3n) is 4.73. The fourth-order valence-electron chi connectivity index (χ4n) is 3.06. The van der Waals surface area contributed by atoms with Crippen LogP contribution < -0.4 is 0 Å². The van der Waals surface area contributed by atoms with Gasteiger partial charge in [0.05, 0.1) is 25.9 Å². The van der Waals surface area contributed by atoms with Crippen LogP contribution in [0.5, 0.6) is 0 Å². The summed E-state index contributed by atoms with van der Waals surface area (Å²) in [5, 5.41) is 0. The minimum absolute atomic E-state index is 0.0496. The average Bonchev–Trinajstić information content (AvgIpc) is 3.29.